The van der Waals surface area contributed by atoms with Gasteiger partial charge in [0.1, 0.15) is 5.60 Å². The summed E-state index contributed by atoms with van der Waals surface area (Å²) in [6, 6.07) is 0. The summed E-state index contributed by atoms with van der Waals surface area (Å²) in [4.78, 5) is 11.7. The molecule has 0 spiro atoms. The lowest BCUT2D eigenvalue weighted by Crippen LogP contribution is -2.40. The highest BCUT2D eigenvalue weighted by atomic mass is 32.2. The van der Waals surface area contributed by atoms with Crippen molar-refractivity contribution in [2.24, 2.45) is 17.8 Å². The van der Waals surface area contributed by atoms with E-state index in [1.165, 1.54) is 5.75 Å². The Morgan fingerprint density at radius 3 is 2.24 bits per heavy atom. The third kappa shape index (κ3) is 11.9. The number of rotatable bonds is 9. The Morgan fingerprint density at radius 1 is 1.14 bits per heavy atom. The maximum atomic E-state index is 11.7. The largest absolute Gasteiger partial charge is 0.444 e. The molecule has 5 heteroatoms. The van der Waals surface area contributed by atoms with Crippen LogP contribution in [0, 0.1) is 17.8 Å². The number of hydrogen-bond acceptors (Lipinski definition) is 4. The Kier molecular flexibility index (Phi) is 10.1. The van der Waals surface area contributed by atoms with E-state index in [4.69, 9.17) is 4.74 Å². The van der Waals surface area contributed by atoms with Crippen LogP contribution in [0.1, 0.15) is 41.5 Å². The molecule has 0 radical (unpaired) electrons. The van der Waals surface area contributed by atoms with Crippen LogP contribution < -0.4 is 10.6 Å². The third-order valence-electron chi connectivity index (χ3n) is 3.20. The maximum Gasteiger partial charge on any atom is 0.407 e. The first-order valence-electron chi connectivity index (χ1n) is 7.82. The minimum absolute atomic E-state index is 0.330. The van der Waals surface area contributed by atoms with Crippen molar-refractivity contribution in [3.05, 3.63) is 0 Å². The highest BCUT2D eigenvalue weighted by Gasteiger charge is 2.19. The molecule has 21 heavy (non-hydrogen) atoms. The van der Waals surface area contributed by atoms with E-state index in [0.29, 0.717) is 24.3 Å². The zero-order chi connectivity index (χ0) is 16.5. The molecule has 0 fully saturated rings. The fourth-order valence-electron chi connectivity index (χ4n) is 1.93. The molecule has 0 saturated heterocycles. The van der Waals surface area contributed by atoms with E-state index in [1.54, 1.807) is 0 Å². The second-order valence-electron chi connectivity index (χ2n) is 7.11. The minimum Gasteiger partial charge on any atom is -0.444 e. The van der Waals surface area contributed by atoms with Crippen LogP contribution in [0.3, 0.4) is 0 Å². The van der Waals surface area contributed by atoms with E-state index in [9.17, 15) is 4.79 Å². The van der Waals surface area contributed by atoms with Gasteiger partial charge in [-0.1, -0.05) is 20.8 Å². The fraction of sp³-hybridized carbons (Fsp3) is 0.938. The number of thioether (sulfide) groups is 1. The number of hydrogen-bond donors (Lipinski definition) is 2. The number of ether oxygens (including phenoxy) is 1. The van der Waals surface area contributed by atoms with E-state index < -0.39 is 5.60 Å². The Morgan fingerprint density at radius 2 is 1.76 bits per heavy atom. The van der Waals surface area contributed by atoms with Gasteiger partial charge in [0.25, 0.3) is 0 Å². The Balaban J connectivity index is 4.05. The van der Waals surface area contributed by atoms with Crippen LogP contribution in [0.15, 0.2) is 0 Å². The van der Waals surface area contributed by atoms with Crippen LogP contribution >= 0.6 is 11.8 Å². The average Bonchev–Trinajstić information content (AvgIpc) is 2.31. The third-order valence-corrected chi connectivity index (χ3v) is 4.10. The first kappa shape index (κ1) is 20.6. The molecule has 0 aromatic carbocycles. The van der Waals surface area contributed by atoms with Gasteiger partial charge in [0.15, 0.2) is 0 Å². The lowest BCUT2D eigenvalue weighted by molar-refractivity contribution is 0.0515. The average molecular weight is 319 g/mol. The van der Waals surface area contributed by atoms with Crippen molar-refractivity contribution < 1.29 is 9.53 Å². The molecular formula is C16H34N2O2S. The monoisotopic (exact) mass is 318 g/mol. The smallest absolute Gasteiger partial charge is 0.407 e. The van der Waals surface area contributed by atoms with Gasteiger partial charge < -0.3 is 15.4 Å². The number of nitrogens with one attached hydrogen (secondary N) is 2. The summed E-state index contributed by atoms with van der Waals surface area (Å²) in [7, 11) is 0. The van der Waals surface area contributed by atoms with Crippen LogP contribution in [0.25, 0.3) is 0 Å². The molecule has 0 aliphatic heterocycles. The summed E-state index contributed by atoms with van der Waals surface area (Å²) in [5.74, 6) is 2.78. The van der Waals surface area contributed by atoms with Crippen LogP contribution in [0.5, 0.6) is 0 Å². The van der Waals surface area contributed by atoms with Crippen molar-refractivity contribution >= 4 is 17.9 Å². The summed E-state index contributed by atoms with van der Waals surface area (Å²) in [5.41, 5.74) is -0.442. The lowest BCUT2D eigenvalue weighted by atomic mass is 9.95. The number of alkyl carbamates (subject to hydrolysis) is 1. The van der Waals surface area contributed by atoms with E-state index >= 15 is 0 Å². The molecule has 1 amide bonds. The summed E-state index contributed by atoms with van der Waals surface area (Å²) < 4.78 is 5.27. The standard InChI is InChI=1S/C16H34N2O2S/c1-12(2)14(9-17-8-13(3)11-21-7)10-18-15(19)20-16(4,5)6/h12-14,17H,8-11H2,1-7H3,(H,18,19). The molecule has 0 bridgehead atoms. The molecule has 0 aliphatic carbocycles. The van der Waals surface area contributed by atoms with Crippen molar-refractivity contribution in [2.45, 2.75) is 47.1 Å². The highest BCUT2D eigenvalue weighted by Crippen LogP contribution is 2.11. The van der Waals surface area contributed by atoms with Gasteiger partial charge in [-0.15, -0.1) is 0 Å². The molecule has 0 aromatic rings. The lowest BCUT2D eigenvalue weighted by Gasteiger charge is -2.24. The van der Waals surface area contributed by atoms with Crippen LogP contribution in [-0.4, -0.2) is 43.3 Å². The number of carbonyl (C=O) groups is 1. The molecule has 0 saturated carbocycles. The van der Waals surface area contributed by atoms with Crippen LogP contribution in [0.2, 0.25) is 0 Å². The van der Waals surface area contributed by atoms with E-state index in [-0.39, 0.29) is 6.09 Å². The van der Waals surface area contributed by atoms with Crippen molar-refractivity contribution in [2.75, 3.05) is 31.6 Å². The topological polar surface area (TPSA) is 50.4 Å². The van der Waals surface area contributed by atoms with E-state index in [0.717, 1.165) is 13.1 Å². The molecule has 2 N–H and O–H groups in total. The molecule has 2 atom stereocenters. The van der Waals surface area contributed by atoms with E-state index in [1.807, 2.05) is 32.5 Å². The highest BCUT2D eigenvalue weighted by molar-refractivity contribution is 7.98. The Bertz CT molecular complexity index is 290. The molecule has 4 nitrogen and oxygen atoms in total. The Hall–Kier alpha value is -0.420. The Labute approximate surface area is 135 Å². The second-order valence-corrected chi connectivity index (χ2v) is 8.02. The normalized spacial score (nSPS) is 14.9. The van der Waals surface area contributed by atoms with Gasteiger partial charge in [-0.2, -0.15) is 11.8 Å². The summed E-state index contributed by atoms with van der Waals surface area (Å²) in [6.45, 7) is 14.9. The number of carbonyl (C=O) groups excluding carboxylic acids is 1. The predicted octanol–water partition coefficient (Wildman–Crippen LogP) is 3.37. The summed E-state index contributed by atoms with van der Waals surface area (Å²) in [5, 5.41) is 6.40. The van der Waals surface area contributed by atoms with Gasteiger partial charge >= 0.3 is 6.09 Å². The van der Waals surface area contributed by atoms with E-state index in [2.05, 4.69) is 37.7 Å². The van der Waals surface area contributed by atoms with Crippen LogP contribution in [0.4, 0.5) is 4.79 Å². The SMILES string of the molecule is CSCC(C)CNCC(CNC(=O)OC(C)(C)C)C(C)C. The first-order chi connectivity index (χ1) is 9.65. The predicted molar refractivity (Wildman–Crippen MR) is 93.0 cm³/mol. The van der Waals surface area contributed by atoms with Gasteiger partial charge in [-0.25, -0.2) is 4.79 Å². The van der Waals surface area contributed by atoms with Gasteiger partial charge in [0.05, 0.1) is 0 Å². The quantitative estimate of drug-likeness (QED) is 0.684. The fourth-order valence-corrected chi connectivity index (χ4v) is 2.62. The molecule has 0 aliphatic rings. The summed E-state index contributed by atoms with van der Waals surface area (Å²) in [6.07, 6.45) is 1.81. The van der Waals surface area contributed by atoms with Gasteiger partial charge in [-0.05, 0) is 63.6 Å². The molecule has 0 rings (SSSR count). The van der Waals surface area contributed by atoms with Crippen molar-refractivity contribution in [1.82, 2.24) is 10.6 Å². The van der Waals surface area contributed by atoms with Crippen molar-refractivity contribution in [1.29, 1.82) is 0 Å². The summed E-state index contributed by atoms with van der Waals surface area (Å²) >= 11 is 1.88. The first-order valence-corrected chi connectivity index (χ1v) is 9.21. The van der Waals surface area contributed by atoms with Gasteiger partial charge in [0.2, 0.25) is 0 Å². The van der Waals surface area contributed by atoms with Gasteiger partial charge in [-0.3, -0.25) is 0 Å². The number of amides is 1. The second kappa shape index (κ2) is 10.3. The molecule has 2 unspecified atom stereocenters. The zero-order valence-electron chi connectivity index (χ0n) is 14.8. The van der Waals surface area contributed by atoms with Gasteiger partial charge in [0, 0.05) is 6.54 Å². The molecule has 126 valence electrons. The molecule has 0 heterocycles. The zero-order valence-corrected chi connectivity index (χ0v) is 15.6. The molecule has 0 aromatic heterocycles. The van der Waals surface area contributed by atoms with Crippen LogP contribution in [-0.2, 0) is 4.74 Å². The maximum absolute atomic E-state index is 11.7. The van der Waals surface area contributed by atoms with Crippen molar-refractivity contribution in [3.63, 3.8) is 0 Å². The minimum atomic E-state index is -0.442. The van der Waals surface area contributed by atoms with Crippen molar-refractivity contribution in [3.8, 4) is 0 Å². The molecular weight excluding hydrogens is 284 g/mol.